The molecule has 0 rings (SSSR count). The Balaban J connectivity index is 4.77. The number of carbonyl (C=O) groups excluding carboxylic acids is 2. The number of hydrogen-bond donors (Lipinski definition) is 0. The van der Waals surface area contributed by atoms with Gasteiger partial charge in [-0.3, -0.25) is 9.59 Å². The van der Waals surface area contributed by atoms with Gasteiger partial charge in [-0.1, -0.05) is 20.8 Å². The number of hydrogen-bond acceptors (Lipinski definition) is 2. The zero-order chi connectivity index (χ0) is 9.07. The van der Waals surface area contributed by atoms with Crippen LogP contribution in [0.4, 0.5) is 0 Å². The number of ketones is 1. The van der Waals surface area contributed by atoms with Crippen LogP contribution in [0.1, 0.15) is 27.7 Å². The molecule has 0 atom stereocenters. The summed E-state index contributed by atoms with van der Waals surface area (Å²) >= 11 is 0. The van der Waals surface area contributed by atoms with Crippen molar-refractivity contribution in [1.29, 1.82) is 0 Å². The highest BCUT2D eigenvalue weighted by atomic mass is 16.1. The highest BCUT2D eigenvalue weighted by molar-refractivity contribution is 6.41. The van der Waals surface area contributed by atoms with E-state index >= 15 is 0 Å². The predicted octanol–water partition coefficient (Wildman–Crippen LogP) is 1.22. The number of aliphatic imine (C=N–C) groups is 1. The van der Waals surface area contributed by atoms with Crippen LogP contribution in [0.15, 0.2) is 4.99 Å². The quantitative estimate of drug-likeness (QED) is 0.444. The van der Waals surface area contributed by atoms with Gasteiger partial charge in [0.25, 0.3) is 0 Å². The number of nitrogens with zero attached hydrogens (tertiary/aromatic N) is 1. The lowest BCUT2D eigenvalue weighted by Gasteiger charge is -2.17. The van der Waals surface area contributed by atoms with Crippen LogP contribution in [0, 0.1) is 5.41 Å². The van der Waals surface area contributed by atoms with Crippen molar-refractivity contribution in [3.8, 4) is 0 Å². The Bertz CT molecular complexity index is 199. The van der Waals surface area contributed by atoms with E-state index in [4.69, 9.17) is 0 Å². The molecule has 0 aliphatic rings. The van der Waals surface area contributed by atoms with Crippen LogP contribution in [0.5, 0.6) is 0 Å². The smallest absolute Gasteiger partial charge is 0.233 e. The lowest BCUT2D eigenvalue weighted by molar-refractivity contribution is -0.112. The molecule has 0 spiro atoms. The van der Waals surface area contributed by atoms with Crippen molar-refractivity contribution in [2.24, 2.45) is 10.4 Å². The third-order valence-electron chi connectivity index (χ3n) is 1.23. The van der Waals surface area contributed by atoms with Crippen LogP contribution in [0.3, 0.4) is 0 Å². The first-order valence-electron chi connectivity index (χ1n) is 3.42. The van der Waals surface area contributed by atoms with Crippen molar-refractivity contribution in [3.63, 3.8) is 0 Å². The SMILES string of the molecule is CC(=O)C(=NC=O)C(C)(C)C. The molecular formula is C8H13NO2. The van der Waals surface area contributed by atoms with Crippen LogP contribution in [-0.4, -0.2) is 17.9 Å². The molecule has 3 nitrogen and oxygen atoms in total. The molecule has 0 saturated carbocycles. The van der Waals surface area contributed by atoms with E-state index in [1.54, 1.807) is 0 Å². The summed E-state index contributed by atoms with van der Waals surface area (Å²) in [6.07, 6.45) is 0.405. The molecule has 0 radical (unpaired) electrons. The summed E-state index contributed by atoms with van der Waals surface area (Å²) in [7, 11) is 0. The minimum absolute atomic E-state index is 0.149. The van der Waals surface area contributed by atoms with E-state index in [1.165, 1.54) is 6.92 Å². The Labute approximate surface area is 66.5 Å². The molecule has 0 aromatic carbocycles. The third-order valence-corrected chi connectivity index (χ3v) is 1.23. The summed E-state index contributed by atoms with van der Waals surface area (Å²) in [5.74, 6) is -0.149. The fourth-order valence-electron chi connectivity index (χ4n) is 0.865. The van der Waals surface area contributed by atoms with Gasteiger partial charge < -0.3 is 0 Å². The Morgan fingerprint density at radius 3 is 1.91 bits per heavy atom. The van der Waals surface area contributed by atoms with Crippen LogP contribution < -0.4 is 0 Å². The maximum Gasteiger partial charge on any atom is 0.233 e. The zero-order valence-electron chi connectivity index (χ0n) is 7.34. The van der Waals surface area contributed by atoms with Gasteiger partial charge in [0.05, 0.1) is 5.71 Å². The van der Waals surface area contributed by atoms with Gasteiger partial charge in [-0.05, 0) is 0 Å². The second-order valence-electron chi connectivity index (χ2n) is 3.39. The van der Waals surface area contributed by atoms with E-state index in [0.717, 1.165) is 0 Å². The van der Waals surface area contributed by atoms with Gasteiger partial charge in [0.1, 0.15) is 0 Å². The number of carbonyl (C=O) groups is 2. The topological polar surface area (TPSA) is 46.5 Å². The summed E-state index contributed by atoms with van der Waals surface area (Å²) in [4.78, 5) is 24.4. The van der Waals surface area contributed by atoms with Gasteiger partial charge in [0.2, 0.25) is 6.41 Å². The molecule has 0 fully saturated rings. The van der Waals surface area contributed by atoms with Crippen molar-refractivity contribution in [2.75, 3.05) is 0 Å². The molecule has 0 aliphatic heterocycles. The molecule has 0 unspecified atom stereocenters. The maximum atomic E-state index is 10.9. The second-order valence-corrected chi connectivity index (χ2v) is 3.39. The Hall–Kier alpha value is -0.990. The lowest BCUT2D eigenvalue weighted by atomic mass is 9.88. The third kappa shape index (κ3) is 3.07. The van der Waals surface area contributed by atoms with E-state index in [0.29, 0.717) is 12.1 Å². The van der Waals surface area contributed by atoms with Crippen molar-refractivity contribution in [2.45, 2.75) is 27.7 Å². The van der Waals surface area contributed by atoms with Gasteiger partial charge in [0.15, 0.2) is 5.78 Å². The number of rotatable bonds is 2. The highest BCUT2D eigenvalue weighted by Crippen LogP contribution is 2.16. The molecule has 3 heteroatoms. The fourth-order valence-corrected chi connectivity index (χ4v) is 0.865. The van der Waals surface area contributed by atoms with Crippen molar-refractivity contribution >= 4 is 17.9 Å². The predicted molar refractivity (Wildman–Crippen MR) is 43.6 cm³/mol. The van der Waals surface area contributed by atoms with Crippen LogP contribution in [0.2, 0.25) is 0 Å². The summed E-state index contributed by atoms with van der Waals surface area (Å²) in [6, 6.07) is 0. The monoisotopic (exact) mass is 155 g/mol. The largest absolute Gasteiger partial charge is 0.293 e. The summed E-state index contributed by atoms with van der Waals surface area (Å²) in [5, 5.41) is 0. The van der Waals surface area contributed by atoms with Gasteiger partial charge >= 0.3 is 0 Å². The molecule has 62 valence electrons. The van der Waals surface area contributed by atoms with E-state index in [9.17, 15) is 9.59 Å². The lowest BCUT2D eigenvalue weighted by Crippen LogP contribution is -2.27. The normalized spacial score (nSPS) is 12.9. The molecular weight excluding hydrogens is 142 g/mol. The van der Waals surface area contributed by atoms with Gasteiger partial charge in [0, 0.05) is 12.3 Å². The first-order valence-corrected chi connectivity index (χ1v) is 3.42. The number of Topliss-reactive ketones (excluding diaryl/α,β-unsaturated/α-hetero) is 1. The van der Waals surface area contributed by atoms with Crippen LogP contribution >= 0.6 is 0 Å². The fraction of sp³-hybridized carbons (Fsp3) is 0.625. The molecule has 0 N–H and O–H groups in total. The first-order chi connectivity index (χ1) is 4.89. The van der Waals surface area contributed by atoms with E-state index in [2.05, 4.69) is 4.99 Å². The number of amides is 1. The van der Waals surface area contributed by atoms with E-state index in [-0.39, 0.29) is 11.2 Å². The van der Waals surface area contributed by atoms with Gasteiger partial charge in [-0.15, -0.1) is 0 Å². The molecule has 0 aromatic rings. The van der Waals surface area contributed by atoms with Crippen LogP contribution in [-0.2, 0) is 9.59 Å². The average Bonchev–Trinajstić information content (AvgIpc) is 1.79. The average molecular weight is 155 g/mol. The minimum atomic E-state index is -0.341. The Kier molecular flexibility index (Phi) is 3.11. The molecule has 0 heterocycles. The van der Waals surface area contributed by atoms with Crippen LogP contribution in [0.25, 0.3) is 0 Å². The summed E-state index contributed by atoms with van der Waals surface area (Å²) < 4.78 is 0. The maximum absolute atomic E-state index is 10.9. The van der Waals surface area contributed by atoms with E-state index in [1.807, 2.05) is 20.8 Å². The molecule has 0 aliphatic carbocycles. The van der Waals surface area contributed by atoms with Crippen molar-refractivity contribution in [1.82, 2.24) is 0 Å². The molecule has 0 saturated heterocycles. The molecule has 11 heavy (non-hydrogen) atoms. The van der Waals surface area contributed by atoms with Crippen molar-refractivity contribution in [3.05, 3.63) is 0 Å². The zero-order valence-corrected chi connectivity index (χ0v) is 7.34. The Morgan fingerprint density at radius 2 is 1.82 bits per heavy atom. The minimum Gasteiger partial charge on any atom is -0.293 e. The molecule has 0 bridgehead atoms. The molecule has 0 aromatic heterocycles. The standard InChI is InChI=1S/C8H13NO2/c1-6(11)7(9-5-10)8(2,3)4/h5H,1-4H3. The van der Waals surface area contributed by atoms with Gasteiger partial charge in [-0.2, -0.15) is 0 Å². The Morgan fingerprint density at radius 1 is 1.36 bits per heavy atom. The van der Waals surface area contributed by atoms with E-state index < -0.39 is 0 Å². The van der Waals surface area contributed by atoms with Crippen molar-refractivity contribution < 1.29 is 9.59 Å². The highest BCUT2D eigenvalue weighted by Gasteiger charge is 2.22. The summed E-state index contributed by atoms with van der Waals surface area (Å²) in [6.45, 7) is 6.94. The summed E-state index contributed by atoms with van der Waals surface area (Å²) in [5.41, 5.74) is -0.0141. The second kappa shape index (κ2) is 3.42. The molecule has 1 amide bonds. The first kappa shape index (κ1) is 10.0. The van der Waals surface area contributed by atoms with Gasteiger partial charge in [-0.25, -0.2) is 4.99 Å².